The monoisotopic (exact) mass is 597 g/mol. The molecule has 2 aliphatic heterocycles. The standard InChI is InChI=1S/C27H28F9N3O2/c1-3-38(21-6-8-37-9-7-21)22-5-4-18(25(28,29)30)12-17(22)14-39-15(2)23(41-24(39)40)16-10-19(26(31,32)33)13-20(11-16)27(34,35)36/h4-5,10-13,15,21,23,37H,3,6-9,14H2,1-2H3/t15-,23-/m0/s1. The van der Waals surface area contributed by atoms with Crippen LogP contribution in [0.1, 0.15) is 60.6 Å². The van der Waals surface area contributed by atoms with Crippen LogP contribution in [0, 0.1) is 0 Å². The van der Waals surface area contributed by atoms with Crippen LogP contribution in [0.4, 0.5) is 50.0 Å². The minimum absolute atomic E-state index is 0.0123. The maximum atomic E-state index is 13.6. The minimum Gasteiger partial charge on any atom is -0.439 e. The van der Waals surface area contributed by atoms with Gasteiger partial charge < -0.3 is 15.0 Å². The van der Waals surface area contributed by atoms with E-state index in [-0.39, 0.29) is 17.7 Å². The van der Waals surface area contributed by atoms with E-state index in [2.05, 4.69) is 5.32 Å². The first kappa shape index (κ1) is 30.8. The zero-order chi connectivity index (χ0) is 30.3. The SMILES string of the molecule is CCN(c1ccc(C(F)(F)F)cc1CN1C(=O)O[C@H](c2cc(C(F)(F)F)cc(C(F)(F)F)c2)[C@@H]1C)C1CCNCC1. The number of carbonyl (C=O) groups excluding carboxylic acids is 1. The smallest absolute Gasteiger partial charge is 0.416 e. The van der Waals surface area contributed by atoms with Crippen molar-refractivity contribution in [3.63, 3.8) is 0 Å². The van der Waals surface area contributed by atoms with Gasteiger partial charge in [-0.2, -0.15) is 39.5 Å². The van der Waals surface area contributed by atoms with E-state index in [1.807, 2.05) is 11.8 Å². The second kappa shape index (κ2) is 11.3. The van der Waals surface area contributed by atoms with Gasteiger partial charge in [0.25, 0.3) is 0 Å². The van der Waals surface area contributed by atoms with Crippen LogP contribution < -0.4 is 10.2 Å². The summed E-state index contributed by atoms with van der Waals surface area (Å²) >= 11 is 0. The maximum Gasteiger partial charge on any atom is 0.416 e. The van der Waals surface area contributed by atoms with Crippen molar-refractivity contribution < 1.29 is 49.0 Å². The quantitative estimate of drug-likeness (QED) is 0.353. The first-order valence-corrected chi connectivity index (χ1v) is 12.9. The highest BCUT2D eigenvalue weighted by Crippen LogP contribution is 2.42. The second-order valence-corrected chi connectivity index (χ2v) is 10.1. The number of hydrogen-bond acceptors (Lipinski definition) is 4. The Kier molecular flexibility index (Phi) is 8.45. The lowest BCUT2D eigenvalue weighted by Crippen LogP contribution is -2.44. The van der Waals surface area contributed by atoms with Gasteiger partial charge in [-0.05, 0) is 87.3 Å². The summed E-state index contributed by atoms with van der Waals surface area (Å²) in [6.45, 7) is 4.69. The zero-order valence-electron chi connectivity index (χ0n) is 22.1. The lowest BCUT2D eigenvalue weighted by molar-refractivity contribution is -0.143. The number of halogens is 9. The molecule has 0 bridgehead atoms. The molecule has 226 valence electrons. The number of amides is 1. The molecule has 2 aromatic carbocycles. The van der Waals surface area contributed by atoms with Gasteiger partial charge in [-0.25, -0.2) is 4.79 Å². The molecule has 5 nitrogen and oxygen atoms in total. The number of cyclic esters (lactones) is 1. The van der Waals surface area contributed by atoms with Gasteiger partial charge in [-0.15, -0.1) is 0 Å². The van der Waals surface area contributed by atoms with Gasteiger partial charge in [0.1, 0.15) is 6.10 Å². The Hall–Kier alpha value is -3.16. The highest BCUT2D eigenvalue weighted by molar-refractivity contribution is 5.72. The summed E-state index contributed by atoms with van der Waals surface area (Å²) in [6.07, 6.45) is -16.0. The van der Waals surface area contributed by atoms with Gasteiger partial charge in [0, 0.05) is 18.3 Å². The van der Waals surface area contributed by atoms with Crippen LogP contribution in [0.2, 0.25) is 0 Å². The van der Waals surface area contributed by atoms with Gasteiger partial charge in [0.2, 0.25) is 0 Å². The molecule has 14 heteroatoms. The molecule has 0 saturated carbocycles. The summed E-state index contributed by atoms with van der Waals surface area (Å²) in [5.41, 5.74) is -4.03. The Labute approximate surface area is 230 Å². The lowest BCUT2D eigenvalue weighted by atomic mass is 9.97. The summed E-state index contributed by atoms with van der Waals surface area (Å²) in [4.78, 5) is 15.9. The van der Waals surface area contributed by atoms with Gasteiger partial charge >= 0.3 is 24.6 Å². The molecule has 0 spiro atoms. The fourth-order valence-corrected chi connectivity index (χ4v) is 5.40. The molecule has 2 atom stereocenters. The lowest BCUT2D eigenvalue weighted by Gasteiger charge is -2.37. The Balaban J connectivity index is 1.71. The molecule has 2 aliphatic rings. The summed E-state index contributed by atoms with van der Waals surface area (Å²) in [7, 11) is 0. The Morgan fingerprint density at radius 1 is 0.878 bits per heavy atom. The van der Waals surface area contributed by atoms with Gasteiger partial charge in [-0.1, -0.05) is 0 Å². The Morgan fingerprint density at radius 3 is 1.95 bits per heavy atom. The number of rotatable bonds is 6. The van der Waals surface area contributed by atoms with Crippen molar-refractivity contribution in [2.75, 3.05) is 24.5 Å². The average Bonchev–Trinajstić information content (AvgIpc) is 3.17. The molecule has 2 aromatic rings. The van der Waals surface area contributed by atoms with Crippen LogP contribution in [0.15, 0.2) is 36.4 Å². The number of alkyl halides is 9. The largest absolute Gasteiger partial charge is 0.439 e. The van der Waals surface area contributed by atoms with Crippen molar-refractivity contribution in [3.8, 4) is 0 Å². The van der Waals surface area contributed by atoms with E-state index in [4.69, 9.17) is 4.74 Å². The fraction of sp³-hybridized carbons (Fsp3) is 0.519. The highest BCUT2D eigenvalue weighted by atomic mass is 19.4. The minimum atomic E-state index is -5.10. The van der Waals surface area contributed by atoms with Crippen molar-refractivity contribution >= 4 is 11.8 Å². The number of benzene rings is 2. The first-order valence-electron chi connectivity index (χ1n) is 12.9. The van der Waals surface area contributed by atoms with E-state index < -0.39 is 65.6 Å². The molecule has 1 amide bonds. The van der Waals surface area contributed by atoms with Gasteiger partial charge in [0.05, 0.1) is 29.3 Å². The molecule has 0 aliphatic carbocycles. The molecule has 1 N–H and O–H groups in total. The molecule has 4 rings (SSSR count). The molecule has 0 unspecified atom stereocenters. The second-order valence-electron chi connectivity index (χ2n) is 10.1. The van der Waals surface area contributed by atoms with E-state index in [9.17, 15) is 44.3 Å². The van der Waals surface area contributed by atoms with Crippen molar-refractivity contribution in [2.45, 2.75) is 70.0 Å². The van der Waals surface area contributed by atoms with E-state index in [1.165, 1.54) is 13.0 Å². The van der Waals surface area contributed by atoms with Crippen molar-refractivity contribution in [3.05, 3.63) is 64.2 Å². The summed E-state index contributed by atoms with van der Waals surface area (Å²) in [5, 5.41) is 3.22. The van der Waals surface area contributed by atoms with Crippen LogP contribution in [0.3, 0.4) is 0 Å². The van der Waals surface area contributed by atoms with E-state index >= 15 is 0 Å². The normalized spacial score (nSPS) is 20.9. The number of anilines is 1. The summed E-state index contributed by atoms with van der Waals surface area (Å²) in [5.74, 6) is 0. The maximum absolute atomic E-state index is 13.6. The predicted molar refractivity (Wildman–Crippen MR) is 131 cm³/mol. The van der Waals surface area contributed by atoms with Crippen molar-refractivity contribution in [2.24, 2.45) is 0 Å². The molecule has 41 heavy (non-hydrogen) atoms. The first-order chi connectivity index (χ1) is 19.0. The number of nitrogens with one attached hydrogen (secondary N) is 1. The number of piperidine rings is 1. The molecule has 2 saturated heterocycles. The summed E-state index contributed by atoms with van der Waals surface area (Å²) in [6, 6.07) is 3.05. The third-order valence-corrected chi connectivity index (χ3v) is 7.48. The topological polar surface area (TPSA) is 44.8 Å². The third kappa shape index (κ3) is 6.68. The van der Waals surface area contributed by atoms with Crippen LogP contribution in [-0.4, -0.2) is 42.7 Å². The van der Waals surface area contributed by atoms with Gasteiger partial charge in [0.15, 0.2) is 0 Å². The highest BCUT2D eigenvalue weighted by Gasteiger charge is 2.44. The van der Waals surface area contributed by atoms with Crippen LogP contribution in [0.25, 0.3) is 0 Å². The Morgan fingerprint density at radius 2 is 1.44 bits per heavy atom. The van der Waals surface area contributed by atoms with E-state index in [0.717, 1.165) is 29.9 Å². The van der Waals surface area contributed by atoms with E-state index in [0.29, 0.717) is 37.5 Å². The van der Waals surface area contributed by atoms with Gasteiger partial charge in [-0.3, -0.25) is 4.90 Å². The number of nitrogens with zero attached hydrogens (tertiary/aromatic N) is 2. The molecular weight excluding hydrogens is 569 g/mol. The molecule has 2 heterocycles. The molecule has 2 fully saturated rings. The van der Waals surface area contributed by atoms with Crippen LogP contribution >= 0.6 is 0 Å². The fourth-order valence-electron chi connectivity index (χ4n) is 5.40. The van der Waals surface area contributed by atoms with Crippen molar-refractivity contribution in [1.82, 2.24) is 10.2 Å². The third-order valence-electron chi connectivity index (χ3n) is 7.48. The number of hydrogen-bond donors (Lipinski definition) is 1. The van der Waals surface area contributed by atoms with Crippen LogP contribution in [-0.2, 0) is 29.8 Å². The number of carbonyl (C=O) groups is 1. The molecular formula is C27H28F9N3O2. The molecule has 0 aromatic heterocycles. The zero-order valence-corrected chi connectivity index (χ0v) is 22.1. The predicted octanol–water partition coefficient (Wildman–Crippen LogP) is 7.40. The Bertz CT molecular complexity index is 1220. The summed E-state index contributed by atoms with van der Waals surface area (Å²) < 4.78 is 127. The number of ether oxygens (including phenoxy) is 1. The van der Waals surface area contributed by atoms with Crippen molar-refractivity contribution in [1.29, 1.82) is 0 Å². The van der Waals surface area contributed by atoms with E-state index in [1.54, 1.807) is 0 Å². The van der Waals surface area contributed by atoms with Crippen LogP contribution in [0.5, 0.6) is 0 Å². The average molecular weight is 598 g/mol. The molecule has 0 radical (unpaired) electrons.